The molecule has 100 valence electrons. The molecule has 1 atom stereocenters. The summed E-state index contributed by atoms with van der Waals surface area (Å²) in [5, 5.41) is 9.84. The minimum absolute atomic E-state index is 0.0646. The fourth-order valence-corrected chi connectivity index (χ4v) is 2.10. The van der Waals surface area contributed by atoms with E-state index in [4.69, 9.17) is 4.74 Å². The summed E-state index contributed by atoms with van der Waals surface area (Å²) in [4.78, 5) is 20.8. The van der Waals surface area contributed by atoms with Gasteiger partial charge in [0, 0.05) is 13.1 Å². The van der Waals surface area contributed by atoms with Gasteiger partial charge in [-0.15, -0.1) is 0 Å². The van der Waals surface area contributed by atoms with Gasteiger partial charge in [0.1, 0.15) is 11.9 Å². The molecule has 0 aliphatic carbocycles. The van der Waals surface area contributed by atoms with Crippen LogP contribution in [0.1, 0.15) is 37.3 Å². The van der Waals surface area contributed by atoms with E-state index >= 15 is 0 Å². The van der Waals surface area contributed by atoms with Crippen molar-refractivity contribution < 1.29 is 9.84 Å². The van der Waals surface area contributed by atoms with Gasteiger partial charge in [0.15, 0.2) is 0 Å². The van der Waals surface area contributed by atoms with Gasteiger partial charge in [0.25, 0.3) is 5.56 Å². The van der Waals surface area contributed by atoms with Crippen LogP contribution in [0.5, 0.6) is 5.88 Å². The summed E-state index contributed by atoms with van der Waals surface area (Å²) < 4.78 is 5.56. The van der Waals surface area contributed by atoms with Crippen molar-refractivity contribution in [3.8, 4) is 5.88 Å². The molecule has 1 aliphatic heterocycles. The van der Waals surface area contributed by atoms with Crippen LogP contribution in [0.2, 0.25) is 0 Å². The van der Waals surface area contributed by atoms with Crippen molar-refractivity contribution in [2.45, 2.75) is 25.9 Å². The second-order valence-corrected chi connectivity index (χ2v) is 4.96. The third-order valence-corrected chi connectivity index (χ3v) is 3.11. The topological polar surface area (TPSA) is 78.5 Å². The van der Waals surface area contributed by atoms with E-state index < -0.39 is 0 Å². The van der Waals surface area contributed by atoms with Crippen molar-refractivity contribution in [1.82, 2.24) is 14.9 Å². The van der Waals surface area contributed by atoms with Crippen LogP contribution in [0, 0.1) is 0 Å². The largest absolute Gasteiger partial charge is 0.493 e. The molecule has 1 aliphatic rings. The van der Waals surface area contributed by atoms with Crippen molar-refractivity contribution in [2.24, 2.45) is 0 Å². The van der Waals surface area contributed by atoms with E-state index in [2.05, 4.69) is 14.9 Å². The number of likely N-dealkylation sites (N-methyl/N-ethyl adjacent to an activating group) is 1. The number of hydrogen-bond acceptors (Lipinski definition) is 5. The van der Waals surface area contributed by atoms with Crippen LogP contribution in [0.15, 0.2) is 4.79 Å². The highest BCUT2D eigenvalue weighted by atomic mass is 16.5. The SMILES string of the molecule is CC(C)c1c(O)nc(C2CN(C)CCO2)[nH]c1=O. The maximum absolute atomic E-state index is 11.9. The number of rotatable bonds is 2. The first-order valence-corrected chi connectivity index (χ1v) is 6.12. The molecule has 6 heteroatoms. The van der Waals surface area contributed by atoms with E-state index in [-0.39, 0.29) is 23.5 Å². The number of ether oxygens (including phenoxy) is 1. The molecule has 0 radical (unpaired) electrons. The Morgan fingerprint density at radius 1 is 1.56 bits per heavy atom. The molecule has 1 aromatic rings. The van der Waals surface area contributed by atoms with E-state index in [0.29, 0.717) is 24.5 Å². The quantitative estimate of drug-likeness (QED) is 0.807. The van der Waals surface area contributed by atoms with Crippen molar-refractivity contribution in [3.05, 3.63) is 21.7 Å². The highest BCUT2D eigenvalue weighted by molar-refractivity contribution is 5.26. The Hall–Kier alpha value is -1.40. The van der Waals surface area contributed by atoms with Crippen molar-refractivity contribution in [2.75, 3.05) is 26.7 Å². The van der Waals surface area contributed by atoms with Crippen LogP contribution < -0.4 is 5.56 Å². The monoisotopic (exact) mass is 253 g/mol. The van der Waals surface area contributed by atoms with Crippen LogP contribution in [0.25, 0.3) is 0 Å². The molecule has 1 unspecified atom stereocenters. The van der Waals surface area contributed by atoms with E-state index in [1.807, 2.05) is 20.9 Å². The fraction of sp³-hybridized carbons (Fsp3) is 0.667. The third-order valence-electron chi connectivity index (χ3n) is 3.11. The lowest BCUT2D eigenvalue weighted by Gasteiger charge is -2.29. The summed E-state index contributed by atoms with van der Waals surface area (Å²) in [6.07, 6.45) is -0.288. The molecule has 1 fully saturated rings. The van der Waals surface area contributed by atoms with E-state index in [0.717, 1.165) is 6.54 Å². The van der Waals surface area contributed by atoms with E-state index in [1.165, 1.54) is 0 Å². The number of aromatic hydroxyl groups is 1. The van der Waals surface area contributed by atoms with E-state index in [1.54, 1.807) is 0 Å². The van der Waals surface area contributed by atoms with Gasteiger partial charge in [-0.3, -0.25) is 4.79 Å². The third kappa shape index (κ3) is 2.54. The van der Waals surface area contributed by atoms with E-state index in [9.17, 15) is 9.90 Å². The summed E-state index contributed by atoms with van der Waals surface area (Å²) in [7, 11) is 1.98. The zero-order valence-corrected chi connectivity index (χ0v) is 10.9. The molecule has 0 aromatic carbocycles. The predicted octanol–water partition coefficient (Wildman–Crippen LogP) is 0.602. The van der Waals surface area contributed by atoms with Gasteiger partial charge < -0.3 is 19.7 Å². The normalized spacial score (nSPS) is 21.4. The Labute approximate surface area is 106 Å². The van der Waals surface area contributed by atoms with Crippen LogP contribution in [0.4, 0.5) is 0 Å². The lowest BCUT2D eigenvalue weighted by Crippen LogP contribution is -2.36. The number of nitrogens with zero attached hydrogens (tertiary/aromatic N) is 2. The first-order chi connectivity index (χ1) is 8.49. The van der Waals surface area contributed by atoms with Gasteiger partial charge >= 0.3 is 0 Å². The summed E-state index contributed by atoms with van der Waals surface area (Å²) in [5.74, 6) is 0.138. The number of morpholine rings is 1. The lowest BCUT2D eigenvalue weighted by molar-refractivity contribution is -0.0259. The average molecular weight is 253 g/mol. The number of aromatic amines is 1. The second-order valence-electron chi connectivity index (χ2n) is 4.96. The van der Waals surface area contributed by atoms with Crippen molar-refractivity contribution in [3.63, 3.8) is 0 Å². The molecule has 18 heavy (non-hydrogen) atoms. The molecule has 2 heterocycles. The average Bonchev–Trinajstić information content (AvgIpc) is 2.27. The van der Waals surface area contributed by atoms with Gasteiger partial charge in [0.05, 0.1) is 12.2 Å². The van der Waals surface area contributed by atoms with Crippen LogP contribution in [-0.2, 0) is 4.74 Å². The first kappa shape index (κ1) is 13.0. The molecule has 2 rings (SSSR count). The molecule has 1 saturated heterocycles. The summed E-state index contributed by atoms with van der Waals surface area (Å²) >= 11 is 0. The fourth-order valence-electron chi connectivity index (χ4n) is 2.10. The maximum atomic E-state index is 11.9. The Morgan fingerprint density at radius 2 is 2.28 bits per heavy atom. The van der Waals surface area contributed by atoms with Gasteiger partial charge in [0.2, 0.25) is 5.88 Å². The van der Waals surface area contributed by atoms with Crippen molar-refractivity contribution >= 4 is 0 Å². The molecular weight excluding hydrogens is 234 g/mol. The maximum Gasteiger partial charge on any atom is 0.258 e. The minimum Gasteiger partial charge on any atom is -0.493 e. The molecule has 0 spiro atoms. The van der Waals surface area contributed by atoms with Crippen LogP contribution >= 0.6 is 0 Å². The summed E-state index contributed by atoms with van der Waals surface area (Å²) in [5.41, 5.74) is 0.0345. The minimum atomic E-state index is -0.288. The van der Waals surface area contributed by atoms with Gasteiger partial charge in [-0.25, -0.2) is 0 Å². The predicted molar refractivity (Wildman–Crippen MR) is 66.8 cm³/mol. The second kappa shape index (κ2) is 5.07. The number of H-pyrrole nitrogens is 1. The molecule has 0 amide bonds. The lowest BCUT2D eigenvalue weighted by atomic mass is 10.1. The van der Waals surface area contributed by atoms with Crippen LogP contribution in [0.3, 0.4) is 0 Å². The number of hydrogen-bond donors (Lipinski definition) is 2. The van der Waals surface area contributed by atoms with Gasteiger partial charge in [-0.2, -0.15) is 4.98 Å². The molecule has 2 N–H and O–H groups in total. The molecule has 0 saturated carbocycles. The highest BCUT2D eigenvalue weighted by Crippen LogP contribution is 2.23. The Bertz CT molecular complexity index is 484. The van der Waals surface area contributed by atoms with Crippen molar-refractivity contribution in [1.29, 1.82) is 0 Å². The highest BCUT2D eigenvalue weighted by Gasteiger charge is 2.24. The first-order valence-electron chi connectivity index (χ1n) is 6.12. The zero-order valence-electron chi connectivity index (χ0n) is 10.9. The van der Waals surface area contributed by atoms with Gasteiger partial charge in [-0.1, -0.05) is 13.8 Å². The molecular formula is C12H19N3O3. The number of aromatic nitrogens is 2. The summed E-state index contributed by atoms with van der Waals surface area (Å²) in [6.45, 7) is 5.80. The number of nitrogens with one attached hydrogen (secondary N) is 1. The standard InChI is InChI=1S/C12H19N3O3/c1-7(2)9-11(16)13-10(14-12(9)17)8-6-15(3)4-5-18-8/h7-8H,4-6H2,1-3H3,(H2,13,14,16,17). The Kier molecular flexibility index (Phi) is 3.68. The molecule has 0 bridgehead atoms. The zero-order chi connectivity index (χ0) is 13.3. The molecule has 1 aromatic heterocycles. The smallest absolute Gasteiger partial charge is 0.258 e. The Balaban J connectivity index is 2.33. The van der Waals surface area contributed by atoms with Gasteiger partial charge in [-0.05, 0) is 13.0 Å². The molecule has 6 nitrogen and oxygen atoms in total. The summed E-state index contributed by atoms with van der Waals surface area (Å²) in [6, 6.07) is 0. The van der Waals surface area contributed by atoms with Crippen LogP contribution in [-0.4, -0.2) is 46.7 Å². The Morgan fingerprint density at radius 3 is 2.83 bits per heavy atom.